The highest BCUT2D eigenvalue weighted by atomic mass is 19.4. The van der Waals surface area contributed by atoms with E-state index in [9.17, 15) is 22.4 Å². The second-order valence-electron chi connectivity index (χ2n) is 10.2. The third kappa shape index (κ3) is 6.11. The normalized spacial score (nSPS) is 17.4. The molecule has 0 radical (unpaired) electrons. The van der Waals surface area contributed by atoms with Crippen molar-refractivity contribution in [3.63, 3.8) is 0 Å². The van der Waals surface area contributed by atoms with Gasteiger partial charge >= 0.3 is 6.18 Å². The molecular weight excluding hydrogens is 476 g/mol. The molecular formula is C27H32F4N2O3. The van der Waals surface area contributed by atoms with Crippen molar-refractivity contribution < 1.29 is 31.8 Å². The Morgan fingerprint density at radius 3 is 2.39 bits per heavy atom. The number of carbonyl (C=O) groups excluding carboxylic acids is 1. The molecule has 1 amide bonds. The van der Waals surface area contributed by atoms with E-state index in [1.54, 1.807) is 0 Å². The summed E-state index contributed by atoms with van der Waals surface area (Å²) in [5.74, 6) is 1.61. The zero-order valence-corrected chi connectivity index (χ0v) is 20.6. The van der Waals surface area contributed by atoms with Gasteiger partial charge in [-0.3, -0.25) is 9.69 Å². The molecule has 0 saturated carbocycles. The van der Waals surface area contributed by atoms with Gasteiger partial charge in [0.25, 0.3) is 0 Å². The fraction of sp³-hybridized carbons (Fsp3) is 0.519. The molecule has 4 rings (SSSR count). The van der Waals surface area contributed by atoms with Crippen LogP contribution in [0.15, 0.2) is 36.4 Å². The van der Waals surface area contributed by atoms with Crippen LogP contribution < -0.4 is 14.8 Å². The average Bonchev–Trinajstić information content (AvgIpc) is 3.30. The molecule has 0 atom stereocenters. The Kier molecular flexibility index (Phi) is 7.78. The third-order valence-electron chi connectivity index (χ3n) is 6.92. The number of benzene rings is 2. The monoisotopic (exact) mass is 508 g/mol. The molecule has 2 heterocycles. The van der Waals surface area contributed by atoms with E-state index >= 15 is 0 Å². The van der Waals surface area contributed by atoms with Gasteiger partial charge in [0.1, 0.15) is 6.67 Å². The van der Waals surface area contributed by atoms with Gasteiger partial charge < -0.3 is 14.8 Å². The number of rotatable bonds is 8. The number of halogens is 4. The van der Waals surface area contributed by atoms with E-state index in [0.29, 0.717) is 19.3 Å². The molecule has 0 aliphatic carbocycles. The highest BCUT2D eigenvalue weighted by Gasteiger charge is 2.41. The van der Waals surface area contributed by atoms with Crippen molar-refractivity contribution in [1.29, 1.82) is 0 Å². The maximum Gasteiger partial charge on any atom is 0.416 e. The standard InChI is InChI=1S/C27H32F4N2O3/c1-18(2)13-26(25(34)32-15-21-9-20(14-28)10-22(11-21)27(29,30)31)5-7-33(8-6-26)16-19-3-4-23-24(12-19)36-17-35-23/h3-4,9-12,18H,5-8,13-17H2,1-2H3,(H,32,34). The topological polar surface area (TPSA) is 50.8 Å². The molecule has 0 unspecified atom stereocenters. The van der Waals surface area contributed by atoms with E-state index in [-0.39, 0.29) is 36.3 Å². The number of hydrogen-bond donors (Lipinski definition) is 1. The smallest absolute Gasteiger partial charge is 0.416 e. The van der Waals surface area contributed by atoms with E-state index in [2.05, 4.69) is 24.1 Å². The molecule has 1 N–H and O–H groups in total. The first-order chi connectivity index (χ1) is 17.1. The summed E-state index contributed by atoms with van der Waals surface area (Å²) in [5, 5.41) is 2.86. The molecule has 2 aliphatic rings. The van der Waals surface area contributed by atoms with E-state index in [0.717, 1.165) is 48.8 Å². The summed E-state index contributed by atoms with van der Waals surface area (Å²) in [6, 6.07) is 9.05. The van der Waals surface area contributed by atoms with Crippen molar-refractivity contribution in [3.05, 3.63) is 58.7 Å². The Labute approximate surface area is 208 Å². The van der Waals surface area contributed by atoms with Crippen LogP contribution in [0.1, 0.15) is 55.4 Å². The number of ether oxygens (including phenoxy) is 2. The summed E-state index contributed by atoms with van der Waals surface area (Å²) >= 11 is 0. The molecule has 36 heavy (non-hydrogen) atoms. The molecule has 0 bridgehead atoms. The van der Waals surface area contributed by atoms with Gasteiger partial charge in [0.15, 0.2) is 11.5 Å². The molecule has 196 valence electrons. The number of piperidine rings is 1. The first-order valence-electron chi connectivity index (χ1n) is 12.2. The summed E-state index contributed by atoms with van der Waals surface area (Å²) in [5.41, 5.74) is -0.207. The maximum atomic E-state index is 13.4. The van der Waals surface area contributed by atoms with Gasteiger partial charge in [-0.05, 0) is 79.2 Å². The van der Waals surface area contributed by atoms with Crippen LogP contribution in [0.4, 0.5) is 17.6 Å². The van der Waals surface area contributed by atoms with Gasteiger partial charge in [0, 0.05) is 13.1 Å². The molecule has 2 aliphatic heterocycles. The van der Waals surface area contributed by atoms with E-state index in [4.69, 9.17) is 9.47 Å². The molecule has 1 saturated heterocycles. The number of alkyl halides is 4. The van der Waals surface area contributed by atoms with Crippen molar-refractivity contribution >= 4 is 5.91 Å². The number of nitrogens with zero attached hydrogens (tertiary/aromatic N) is 1. The summed E-state index contributed by atoms with van der Waals surface area (Å²) in [6.07, 6.45) is -2.58. The number of amides is 1. The number of nitrogens with one attached hydrogen (secondary N) is 1. The van der Waals surface area contributed by atoms with Gasteiger partial charge in [-0.25, -0.2) is 4.39 Å². The fourth-order valence-electron chi connectivity index (χ4n) is 5.22. The van der Waals surface area contributed by atoms with Crippen molar-refractivity contribution in [2.75, 3.05) is 19.9 Å². The zero-order valence-electron chi connectivity index (χ0n) is 20.6. The lowest BCUT2D eigenvalue weighted by Crippen LogP contribution is -2.49. The number of carbonyl (C=O) groups is 1. The highest BCUT2D eigenvalue weighted by Crippen LogP contribution is 2.39. The van der Waals surface area contributed by atoms with Gasteiger partial charge in [0.05, 0.1) is 11.0 Å². The molecule has 9 heteroatoms. The quantitative estimate of drug-likeness (QED) is 0.455. The van der Waals surface area contributed by atoms with Crippen LogP contribution in [0.25, 0.3) is 0 Å². The van der Waals surface area contributed by atoms with Crippen LogP contribution in [-0.4, -0.2) is 30.7 Å². The predicted octanol–water partition coefficient (Wildman–Crippen LogP) is 5.85. The third-order valence-corrected chi connectivity index (χ3v) is 6.92. The minimum Gasteiger partial charge on any atom is -0.454 e. The lowest BCUT2D eigenvalue weighted by molar-refractivity contribution is -0.137. The average molecular weight is 509 g/mol. The Bertz CT molecular complexity index is 1080. The van der Waals surface area contributed by atoms with Gasteiger partial charge in [-0.1, -0.05) is 26.0 Å². The number of fused-ring (bicyclic) bond motifs is 1. The van der Waals surface area contributed by atoms with Gasteiger partial charge in [-0.15, -0.1) is 0 Å². The fourth-order valence-corrected chi connectivity index (χ4v) is 5.22. The molecule has 2 aromatic rings. The summed E-state index contributed by atoms with van der Waals surface area (Å²) in [4.78, 5) is 15.7. The zero-order chi connectivity index (χ0) is 25.9. The van der Waals surface area contributed by atoms with Gasteiger partial charge in [-0.2, -0.15) is 13.2 Å². The van der Waals surface area contributed by atoms with E-state index in [1.165, 1.54) is 6.07 Å². The largest absolute Gasteiger partial charge is 0.454 e. The Hall–Kier alpha value is -2.81. The minimum atomic E-state index is -4.58. The van der Waals surface area contributed by atoms with Crippen LogP contribution in [0.3, 0.4) is 0 Å². The van der Waals surface area contributed by atoms with Gasteiger partial charge in [0.2, 0.25) is 12.7 Å². The van der Waals surface area contributed by atoms with Crippen LogP contribution in [-0.2, 0) is 30.7 Å². The predicted molar refractivity (Wildman–Crippen MR) is 127 cm³/mol. The van der Waals surface area contributed by atoms with Crippen molar-refractivity contribution in [2.24, 2.45) is 11.3 Å². The molecule has 0 aromatic heterocycles. The Balaban J connectivity index is 1.41. The van der Waals surface area contributed by atoms with E-state index < -0.39 is 23.8 Å². The number of hydrogen-bond acceptors (Lipinski definition) is 4. The minimum absolute atomic E-state index is 0.0530. The van der Waals surface area contributed by atoms with Crippen LogP contribution in [0, 0.1) is 11.3 Å². The molecule has 5 nitrogen and oxygen atoms in total. The first-order valence-corrected chi connectivity index (χ1v) is 12.2. The summed E-state index contributed by atoms with van der Waals surface area (Å²) in [7, 11) is 0. The Morgan fingerprint density at radius 1 is 1.03 bits per heavy atom. The van der Waals surface area contributed by atoms with Crippen molar-refractivity contribution in [1.82, 2.24) is 10.2 Å². The van der Waals surface area contributed by atoms with Crippen molar-refractivity contribution in [3.8, 4) is 11.5 Å². The molecule has 1 fully saturated rings. The SMILES string of the molecule is CC(C)CC1(C(=O)NCc2cc(CF)cc(C(F)(F)F)c2)CCN(Cc2ccc3c(c2)OCO3)CC1. The highest BCUT2D eigenvalue weighted by molar-refractivity contribution is 5.82. The second kappa shape index (κ2) is 10.7. The first kappa shape index (κ1) is 26.3. The summed E-state index contributed by atoms with van der Waals surface area (Å²) < 4.78 is 63.6. The van der Waals surface area contributed by atoms with Crippen LogP contribution >= 0.6 is 0 Å². The van der Waals surface area contributed by atoms with E-state index in [1.807, 2.05) is 18.2 Å². The lowest BCUT2D eigenvalue weighted by Gasteiger charge is -2.41. The second-order valence-corrected chi connectivity index (χ2v) is 10.2. The molecule has 0 spiro atoms. The molecule has 2 aromatic carbocycles. The summed E-state index contributed by atoms with van der Waals surface area (Å²) in [6.45, 7) is 5.46. The lowest BCUT2D eigenvalue weighted by atomic mass is 9.72. The van der Waals surface area contributed by atoms with Crippen LogP contribution in [0.2, 0.25) is 0 Å². The maximum absolute atomic E-state index is 13.4. The number of likely N-dealkylation sites (tertiary alicyclic amines) is 1. The Morgan fingerprint density at radius 2 is 1.72 bits per heavy atom. The van der Waals surface area contributed by atoms with Crippen LogP contribution in [0.5, 0.6) is 11.5 Å². The van der Waals surface area contributed by atoms with Crippen molar-refractivity contribution in [2.45, 2.75) is 59.1 Å².